The van der Waals surface area contributed by atoms with Crippen LogP contribution in [0, 0.1) is 5.82 Å². The van der Waals surface area contributed by atoms with Crippen LogP contribution in [-0.2, 0) is 0 Å². The fourth-order valence-corrected chi connectivity index (χ4v) is 1.96. The van der Waals surface area contributed by atoms with Crippen LogP contribution in [0.2, 0.25) is 0 Å². The molecule has 1 aromatic heterocycles. The first-order valence-electron chi connectivity index (χ1n) is 6.63. The first kappa shape index (κ1) is 13.3. The van der Waals surface area contributed by atoms with Gasteiger partial charge in [0.1, 0.15) is 11.9 Å². The van der Waals surface area contributed by atoms with Crippen LogP contribution in [0.1, 0.15) is 18.9 Å². The second-order valence-corrected chi connectivity index (χ2v) is 4.68. The van der Waals surface area contributed by atoms with Crippen LogP contribution < -0.4 is 5.32 Å². The Kier molecular flexibility index (Phi) is 3.64. The number of hydrogen-bond acceptors (Lipinski definition) is 4. The predicted molar refractivity (Wildman–Crippen MR) is 78.2 cm³/mol. The van der Waals surface area contributed by atoms with Gasteiger partial charge in [-0.15, -0.1) is 10.2 Å². The lowest BCUT2D eigenvalue weighted by Gasteiger charge is -2.10. The maximum absolute atomic E-state index is 12.9. The van der Waals surface area contributed by atoms with E-state index in [1.165, 1.54) is 12.1 Å². The van der Waals surface area contributed by atoms with Crippen LogP contribution >= 0.6 is 0 Å². The molecular weight excluding hydrogens is 269 g/mol. The highest BCUT2D eigenvalue weighted by Crippen LogP contribution is 2.22. The molecule has 2 aromatic carbocycles. The van der Waals surface area contributed by atoms with Crippen molar-refractivity contribution in [2.45, 2.75) is 13.0 Å². The third kappa shape index (κ3) is 3.08. The number of aromatic nitrogens is 2. The Hall–Kier alpha value is -2.69. The molecule has 0 bridgehead atoms. The van der Waals surface area contributed by atoms with E-state index in [-0.39, 0.29) is 11.9 Å². The minimum atomic E-state index is -0.266. The lowest BCUT2D eigenvalue weighted by atomic mass is 10.2. The molecule has 106 valence electrons. The topological polar surface area (TPSA) is 51.0 Å². The van der Waals surface area contributed by atoms with E-state index in [1.54, 1.807) is 12.1 Å². The van der Waals surface area contributed by atoms with E-state index >= 15 is 0 Å². The van der Waals surface area contributed by atoms with E-state index in [0.29, 0.717) is 11.8 Å². The van der Waals surface area contributed by atoms with Gasteiger partial charge in [-0.1, -0.05) is 18.2 Å². The molecule has 21 heavy (non-hydrogen) atoms. The highest BCUT2D eigenvalue weighted by molar-refractivity contribution is 5.52. The van der Waals surface area contributed by atoms with E-state index in [4.69, 9.17) is 4.42 Å². The molecule has 0 unspecified atom stereocenters. The van der Waals surface area contributed by atoms with Crippen LogP contribution in [-0.4, -0.2) is 10.2 Å². The lowest BCUT2D eigenvalue weighted by molar-refractivity contribution is 0.485. The molecule has 0 saturated heterocycles. The molecular formula is C16H14FN3O. The first-order valence-corrected chi connectivity index (χ1v) is 6.63. The van der Waals surface area contributed by atoms with Gasteiger partial charge in [-0.3, -0.25) is 0 Å². The highest BCUT2D eigenvalue weighted by atomic mass is 19.1. The first-order chi connectivity index (χ1) is 10.2. The molecule has 0 fully saturated rings. The van der Waals surface area contributed by atoms with E-state index in [9.17, 15) is 4.39 Å². The summed E-state index contributed by atoms with van der Waals surface area (Å²) in [6.07, 6.45) is 0. The Bertz CT molecular complexity index is 710. The second kappa shape index (κ2) is 5.75. The molecule has 3 rings (SSSR count). The molecule has 5 heteroatoms. The normalized spacial score (nSPS) is 12.1. The summed E-state index contributed by atoms with van der Waals surface area (Å²) in [5.74, 6) is 0.703. The number of anilines is 1. The van der Waals surface area contributed by atoms with Gasteiger partial charge in [-0.05, 0) is 43.3 Å². The van der Waals surface area contributed by atoms with Gasteiger partial charge in [-0.2, -0.15) is 0 Å². The van der Waals surface area contributed by atoms with Crippen LogP contribution in [0.3, 0.4) is 0 Å². The van der Waals surface area contributed by atoms with E-state index < -0.39 is 0 Å². The zero-order valence-electron chi connectivity index (χ0n) is 11.5. The van der Waals surface area contributed by atoms with Crippen molar-refractivity contribution < 1.29 is 8.81 Å². The number of hydrogen-bond donors (Lipinski definition) is 1. The van der Waals surface area contributed by atoms with E-state index in [2.05, 4.69) is 15.5 Å². The van der Waals surface area contributed by atoms with Gasteiger partial charge in [-0.25, -0.2) is 4.39 Å². The molecule has 0 saturated carbocycles. The van der Waals surface area contributed by atoms with Crippen LogP contribution in [0.15, 0.2) is 59.0 Å². The van der Waals surface area contributed by atoms with Crippen molar-refractivity contribution in [3.63, 3.8) is 0 Å². The molecule has 0 radical (unpaired) electrons. The highest BCUT2D eigenvalue weighted by Gasteiger charge is 2.14. The average molecular weight is 283 g/mol. The van der Waals surface area contributed by atoms with Gasteiger partial charge in [0.2, 0.25) is 11.8 Å². The molecule has 0 aliphatic carbocycles. The lowest BCUT2D eigenvalue weighted by Crippen LogP contribution is -2.06. The largest absolute Gasteiger partial charge is 0.418 e. The molecule has 3 aromatic rings. The van der Waals surface area contributed by atoms with Crippen molar-refractivity contribution in [2.24, 2.45) is 0 Å². The van der Waals surface area contributed by atoms with Crippen molar-refractivity contribution in [3.05, 3.63) is 66.3 Å². The van der Waals surface area contributed by atoms with E-state index in [0.717, 1.165) is 11.3 Å². The van der Waals surface area contributed by atoms with Crippen LogP contribution in [0.4, 0.5) is 10.1 Å². The minimum absolute atomic E-state index is 0.166. The molecule has 0 spiro atoms. The zero-order valence-corrected chi connectivity index (χ0v) is 11.5. The third-order valence-corrected chi connectivity index (χ3v) is 3.06. The van der Waals surface area contributed by atoms with Crippen molar-refractivity contribution >= 4 is 5.69 Å². The van der Waals surface area contributed by atoms with Gasteiger partial charge in [0.25, 0.3) is 0 Å². The van der Waals surface area contributed by atoms with E-state index in [1.807, 2.05) is 37.3 Å². The van der Waals surface area contributed by atoms with Gasteiger partial charge in [0.15, 0.2) is 0 Å². The van der Waals surface area contributed by atoms with Crippen molar-refractivity contribution in [1.29, 1.82) is 0 Å². The SMILES string of the molecule is C[C@H](Nc1ccc(F)cc1)c1nnc(-c2ccccc2)o1. The maximum atomic E-state index is 12.9. The van der Waals surface area contributed by atoms with Crippen LogP contribution in [0.5, 0.6) is 0 Å². The summed E-state index contributed by atoms with van der Waals surface area (Å²) in [6, 6.07) is 15.6. The molecule has 0 aliphatic heterocycles. The van der Waals surface area contributed by atoms with Gasteiger partial charge >= 0.3 is 0 Å². The Morgan fingerprint density at radius 1 is 1.00 bits per heavy atom. The molecule has 4 nitrogen and oxygen atoms in total. The summed E-state index contributed by atoms with van der Waals surface area (Å²) in [4.78, 5) is 0. The summed E-state index contributed by atoms with van der Waals surface area (Å²) >= 11 is 0. The third-order valence-electron chi connectivity index (χ3n) is 3.06. The summed E-state index contributed by atoms with van der Waals surface area (Å²) in [6.45, 7) is 1.91. The minimum Gasteiger partial charge on any atom is -0.418 e. The summed E-state index contributed by atoms with van der Waals surface area (Å²) in [5, 5.41) is 11.3. The number of nitrogens with one attached hydrogen (secondary N) is 1. The number of rotatable bonds is 4. The molecule has 0 amide bonds. The summed E-state index contributed by atoms with van der Waals surface area (Å²) < 4.78 is 18.5. The number of nitrogens with zero attached hydrogens (tertiary/aromatic N) is 2. The van der Waals surface area contributed by atoms with Crippen molar-refractivity contribution in [2.75, 3.05) is 5.32 Å². The summed E-state index contributed by atoms with van der Waals surface area (Å²) in [5.41, 5.74) is 1.67. The van der Waals surface area contributed by atoms with Crippen LogP contribution in [0.25, 0.3) is 11.5 Å². The number of benzene rings is 2. The van der Waals surface area contributed by atoms with Gasteiger partial charge < -0.3 is 9.73 Å². The summed E-state index contributed by atoms with van der Waals surface area (Å²) in [7, 11) is 0. The Balaban J connectivity index is 1.75. The number of halogens is 1. The van der Waals surface area contributed by atoms with Crippen molar-refractivity contribution in [1.82, 2.24) is 10.2 Å². The second-order valence-electron chi connectivity index (χ2n) is 4.68. The standard InChI is InChI=1S/C16H14FN3O/c1-11(18-14-9-7-13(17)8-10-14)15-19-20-16(21-15)12-5-3-2-4-6-12/h2-11,18H,1H3/t11-/m0/s1. The Labute approximate surface area is 121 Å². The molecule has 1 atom stereocenters. The fraction of sp³-hybridized carbons (Fsp3) is 0.125. The Morgan fingerprint density at radius 3 is 2.43 bits per heavy atom. The molecule has 1 heterocycles. The predicted octanol–water partition coefficient (Wildman–Crippen LogP) is 4.05. The maximum Gasteiger partial charge on any atom is 0.247 e. The Morgan fingerprint density at radius 2 is 1.71 bits per heavy atom. The fourth-order valence-electron chi connectivity index (χ4n) is 1.96. The zero-order chi connectivity index (χ0) is 14.7. The van der Waals surface area contributed by atoms with Gasteiger partial charge in [0, 0.05) is 11.3 Å². The average Bonchev–Trinajstić information content (AvgIpc) is 3.00. The smallest absolute Gasteiger partial charge is 0.247 e. The van der Waals surface area contributed by atoms with Gasteiger partial charge in [0.05, 0.1) is 0 Å². The quantitative estimate of drug-likeness (QED) is 0.784. The monoisotopic (exact) mass is 283 g/mol. The molecule has 1 N–H and O–H groups in total. The molecule has 0 aliphatic rings. The van der Waals surface area contributed by atoms with Crippen molar-refractivity contribution in [3.8, 4) is 11.5 Å².